The first-order valence-corrected chi connectivity index (χ1v) is 9.09. The normalized spacial score (nSPS) is 11.4. The Labute approximate surface area is 171 Å². The van der Waals surface area contributed by atoms with E-state index in [1.165, 1.54) is 0 Å². The molecule has 3 rings (SSSR count). The Kier molecular flexibility index (Phi) is 5.65. The standard InChI is InChI=1S/C19H15BrF4N4O/c1-10-3-5-12(8-13(10)17-15(20)9-25-28(17)2)26-18(29)27-16-6-4-11(21)7-14(16)19(22,23)24/h3-9H,1-2H3,(H2,26,27,29). The van der Waals surface area contributed by atoms with Crippen LogP contribution in [0.3, 0.4) is 0 Å². The van der Waals surface area contributed by atoms with Gasteiger partial charge in [0.15, 0.2) is 0 Å². The molecule has 0 saturated carbocycles. The molecule has 0 unspecified atom stereocenters. The quantitative estimate of drug-likeness (QED) is 0.464. The highest BCUT2D eigenvalue weighted by Gasteiger charge is 2.34. The second-order valence-corrected chi connectivity index (χ2v) is 7.12. The van der Waals surface area contributed by atoms with E-state index in [4.69, 9.17) is 0 Å². The van der Waals surface area contributed by atoms with Gasteiger partial charge in [0, 0.05) is 18.3 Å². The minimum atomic E-state index is -4.81. The number of nitrogens with one attached hydrogen (secondary N) is 2. The monoisotopic (exact) mass is 470 g/mol. The van der Waals surface area contributed by atoms with Gasteiger partial charge >= 0.3 is 12.2 Å². The predicted molar refractivity (Wildman–Crippen MR) is 105 cm³/mol. The molecule has 0 atom stereocenters. The van der Waals surface area contributed by atoms with Crippen molar-refractivity contribution in [2.75, 3.05) is 10.6 Å². The molecule has 3 aromatic rings. The molecule has 0 bridgehead atoms. The summed E-state index contributed by atoms with van der Waals surface area (Å²) >= 11 is 3.42. The molecule has 0 spiro atoms. The zero-order valence-electron chi connectivity index (χ0n) is 15.2. The maximum absolute atomic E-state index is 13.2. The number of alkyl halides is 3. The van der Waals surface area contributed by atoms with Crippen molar-refractivity contribution in [2.45, 2.75) is 13.1 Å². The summed E-state index contributed by atoms with van der Waals surface area (Å²) < 4.78 is 54.9. The van der Waals surface area contributed by atoms with E-state index in [1.807, 2.05) is 6.92 Å². The minimum absolute atomic E-state index is 0.333. The van der Waals surface area contributed by atoms with Crippen LogP contribution in [0.15, 0.2) is 47.1 Å². The number of urea groups is 1. The topological polar surface area (TPSA) is 59.0 Å². The number of carbonyl (C=O) groups excluding carboxylic acids is 1. The number of carbonyl (C=O) groups is 1. The summed E-state index contributed by atoms with van der Waals surface area (Å²) in [6.07, 6.45) is -3.18. The van der Waals surface area contributed by atoms with E-state index in [0.717, 1.165) is 33.4 Å². The molecule has 2 aromatic carbocycles. The van der Waals surface area contributed by atoms with E-state index in [9.17, 15) is 22.4 Å². The average Bonchev–Trinajstić information content (AvgIpc) is 2.96. The molecule has 5 nitrogen and oxygen atoms in total. The Morgan fingerprint density at radius 2 is 1.86 bits per heavy atom. The van der Waals surface area contributed by atoms with Crippen LogP contribution in [0.4, 0.5) is 33.7 Å². The van der Waals surface area contributed by atoms with Crippen molar-refractivity contribution in [3.8, 4) is 11.3 Å². The fraction of sp³-hybridized carbons (Fsp3) is 0.158. The number of anilines is 2. The maximum Gasteiger partial charge on any atom is 0.418 e. The summed E-state index contributed by atoms with van der Waals surface area (Å²) in [5.74, 6) is -1.05. The minimum Gasteiger partial charge on any atom is -0.308 e. The summed E-state index contributed by atoms with van der Waals surface area (Å²) in [6.45, 7) is 1.88. The third-order valence-electron chi connectivity index (χ3n) is 4.18. The number of aromatic nitrogens is 2. The largest absolute Gasteiger partial charge is 0.418 e. The van der Waals surface area contributed by atoms with E-state index >= 15 is 0 Å². The van der Waals surface area contributed by atoms with Crippen molar-refractivity contribution >= 4 is 33.3 Å². The molecule has 0 aliphatic rings. The third kappa shape index (κ3) is 4.58. The first-order chi connectivity index (χ1) is 13.6. The van der Waals surface area contributed by atoms with Gasteiger partial charge < -0.3 is 10.6 Å². The number of hydrogen-bond donors (Lipinski definition) is 2. The highest BCUT2D eigenvalue weighted by atomic mass is 79.9. The second-order valence-electron chi connectivity index (χ2n) is 6.26. The van der Waals surface area contributed by atoms with Gasteiger partial charge in [-0.15, -0.1) is 0 Å². The SMILES string of the molecule is Cc1ccc(NC(=O)Nc2ccc(F)cc2C(F)(F)F)cc1-c1c(Br)cnn1C. The number of nitrogens with zero attached hydrogens (tertiary/aromatic N) is 2. The summed E-state index contributed by atoms with van der Waals surface area (Å²) in [5.41, 5.74) is 1.04. The lowest BCUT2D eigenvalue weighted by Crippen LogP contribution is -2.22. The number of aryl methyl sites for hydroxylation is 2. The summed E-state index contributed by atoms with van der Waals surface area (Å²) in [4.78, 5) is 12.3. The Morgan fingerprint density at radius 3 is 2.48 bits per heavy atom. The van der Waals surface area contributed by atoms with Crippen LogP contribution in [0.25, 0.3) is 11.3 Å². The number of rotatable bonds is 3. The fourth-order valence-corrected chi connectivity index (χ4v) is 3.38. The van der Waals surface area contributed by atoms with Crippen LogP contribution in [0.5, 0.6) is 0 Å². The summed E-state index contributed by atoms with van der Waals surface area (Å²) in [7, 11) is 1.76. The third-order valence-corrected chi connectivity index (χ3v) is 4.76. The maximum atomic E-state index is 13.2. The average molecular weight is 471 g/mol. The molecule has 0 aliphatic heterocycles. The Bertz CT molecular complexity index is 1060. The Balaban J connectivity index is 1.85. The number of amides is 2. The Morgan fingerprint density at radius 1 is 1.14 bits per heavy atom. The molecule has 10 heteroatoms. The lowest BCUT2D eigenvalue weighted by atomic mass is 10.0. The van der Waals surface area contributed by atoms with Gasteiger partial charge in [0.1, 0.15) is 5.82 Å². The van der Waals surface area contributed by atoms with E-state index < -0.39 is 29.3 Å². The van der Waals surface area contributed by atoms with E-state index in [0.29, 0.717) is 11.8 Å². The van der Waals surface area contributed by atoms with Gasteiger partial charge in [0.05, 0.1) is 27.6 Å². The van der Waals surface area contributed by atoms with Gasteiger partial charge in [-0.05, 0) is 58.7 Å². The molecule has 1 heterocycles. The molecule has 2 amide bonds. The second kappa shape index (κ2) is 7.86. The van der Waals surface area contributed by atoms with Crippen LogP contribution in [-0.2, 0) is 13.2 Å². The van der Waals surface area contributed by atoms with Crippen LogP contribution in [-0.4, -0.2) is 15.8 Å². The van der Waals surface area contributed by atoms with Crippen LogP contribution < -0.4 is 10.6 Å². The van der Waals surface area contributed by atoms with Gasteiger partial charge in [-0.2, -0.15) is 18.3 Å². The molecule has 2 N–H and O–H groups in total. The van der Waals surface area contributed by atoms with Crippen molar-refractivity contribution in [2.24, 2.45) is 7.05 Å². The summed E-state index contributed by atoms with van der Waals surface area (Å²) in [6, 6.07) is 6.23. The number of hydrogen-bond acceptors (Lipinski definition) is 2. The first-order valence-electron chi connectivity index (χ1n) is 8.29. The molecular weight excluding hydrogens is 456 g/mol. The predicted octanol–water partition coefficient (Wildman–Crippen LogP) is 5.96. The van der Waals surface area contributed by atoms with Gasteiger partial charge in [-0.1, -0.05) is 6.07 Å². The van der Waals surface area contributed by atoms with Crippen molar-refractivity contribution in [1.82, 2.24) is 9.78 Å². The molecule has 0 aliphatic carbocycles. The molecule has 0 fully saturated rings. The van der Waals surface area contributed by atoms with E-state index in [2.05, 4.69) is 31.7 Å². The highest BCUT2D eigenvalue weighted by molar-refractivity contribution is 9.10. The number of halogens is 5. The van der Waals surface area contributed by atoms with E-state index in [1.54, 1.807) is 36.1 Å². The van der Waals surface area contributed by atoms with Gasteiger partial charge in [-0.25, -0.2) is 9.18 Å². The van der Waals surface area contributed by atoms with Crippen LogP contribution >= 0.6 is 15.9 Å². The zero-order valence-corrected chi connectivity index (χ0v) is 16.8. The fourth-order valence-electron chi connectivity index (χ4n) is 2.81. The summed E-state index contributed by atoms with van der Waals surface area (Å²) in [5, 5.41) is 8.77. The Hall–Kier alpha value is -2.88. The van der Waals surface area contributed by atoms with Crippen LogP contribution in [0.1, 0.15) is 11.1 Å². The number of benzene rings is 2. The molecular formula is C19H15BrF4N4O. The van der Waals surface area contributed by atoms with Gasteiger partial charge in [0.2, 0.25) is 0 Å². The lowest BCUT2D eigenvalue weighted by Gasteiger charge is -2.15. The van der Waals surface area contributed by atoms with Crippen LogP contribution in [0, 0.1) is 12.7 Å². The molecule has 29 heavy (non-hydrogen) atoms. The van der Waals surface area contributed by atoms with E-state index in [-0.39, 0.29) is 0 Å². The molecule has 1 aromatic heterocycles. The van der Waals surface area contributed by atoms with Crippen molar-refractivity contribution < 1.29 is 22.4 Å². The van der Waals surface area contributed by atoms with Crippen molar-refractivity contribution in [1.29, 1.82) is 0 Å². The highest BCUT2D eigenvalue weighted by Crippen LogP contribution is 2.35. The zero-order chi connectivity index (χ0) is 21.3. The first kappa shape index (κ1) is 20.8. The van der Waals surface area contributed by atoms with Gasteiger partial charge in [-0.3, -0.25) is 4.68 Å². The van der Waals surface area contributed by atoms with Crippen LogP contribution in [0.2, 0.25) is 0 Å². The van der Waals surface area contributed by atoms with Crippen molar-refractivity contribution in [3.05, 3.63) is 64.0 Å². The molecule has 0 saturated heterocycles. The van der Waals surface area contributed by atoms with Gasteiger partial charge in [0.25, 0.3) is 0 Å². The molecule has 152 valence electrons. The van der Waals surface area contributed by atoms with Crippen molar-refractivity contribution in [3.63, 3.8) is 0 Å². The lowest BCUT2D eigenvalue weighted by molar-refractivity contribution is -0.137. The smallest absolute Gasteiger partial charge is 0.308 e. The molecule has 0 radical (unpaired) electrons.